The van der Waals surface area contributed by atoms with E-state index in [2.05, 4.69) is 42.5 Å². The van der Waals surface area contributed by atoms with Crippen LogP contribution in [0.15, 0.2) is 33.2 Å². The Bertz CT molecular complexity index is 1000. The number of hydrogen-bond donors (Lipinski definition) is 3. The number of aliphatic carboxylic acids is 1. The van der Waals surface area contributed by atoms with Crippen LogP contribution in [0.5, 0.6) is 5.75 Å². The fourth-order valence-corrected chi connectivity index (χ4v) is 3.97. The summed E-state index contributed by atoms with van der Waals surface area (Å²) in [6.45, 7) is 4.58. The molecule has 0 aromatic heterocycles. The third kappa shape index (κ3) is 6.76. The molecule has 2 aromatic carbocycles. The van der Waals surface area contributed by atoms with E-state index in [1.54, 1.807) is 32.9 Å². The van der Waals surface area contributed by atoms with Gasteiger partial charge in [0.15, 0.2) is 5.82 Å². The number of aryl methyl sites for hydroxylation is 1. The number of rotatable bonds is 8. The van der Waals surface area contributed by atoms with Gasteiger partial charge < -0.3 is 20.5 Å². The van der Waals surface area contributed by atoms with E-state index in [9.17, 15) is 18.8 Å². The lowest BCUT2D eigenvalue weighted by Crippen LogP contribution is -2.29. The molecular formula is C21H21Br2FN2O5. The predicted molar refractivity (Wildman–Crippen MR) is 121 cm³/mol. The summed E-state index contributed by atoms with van der Waals surface area (Å²) in [7, 11) is 0. The van der Waals surface area contributed by atoms with E-state index in [0.717, 1.165) is 5.56 Å². The zero-order valence-corrected chi connectivity index (χ0v) is 20.2. The quantitative estimate of drug-likeness (QED) is 0.437. The summed E-state index contributed by atoms with van der Waals surface area (Å²) in [6, 6.07) is 6.11. The van der Waals surface area contributed by atoms with Gasteiger partial charge in [0.05, 0.1) is 14.6 Å². The maximum absolute atomic E-state index is 14.9. The first-order chi connectivity index (χ1) is 14.5. The lowest BCUT2D eigenvalue weighted by molar-refractivity contribution is -0.135. The maximum Gasteiger partial charge on any atom is 0.322 e. The number of ether oxygens (including phenoxy) is 1. The first-order valence-electron chi connectivity index (χ1n) is 9.21. The molecule has 0 saturated carbocycles. The summed E-state index contributed by atoms with van der Waals surface area (Å²) < 4.78 is 21.5. The normalized spacial score (nSPS) is 10.7. The van der Waals surface area contributed by atoms with Crippen molar-refractivity contribution >= 4 is 55.3 Å². The van der Waals surface area contributed by atoms with Gasteiger partial charge in [-0.05, 0) is 68.6 Å². The SMILES string of the molecule is Cc1cc(COc2c(Br)cc(C(=O)NCC(=O)O)cc2Br)c(F)c(NC(=O)C(C)C)c1. The van der Waals surface area contributed by atoms with Gasteiger partial charge in [-0.2, -0.15) is 0 Å². The van der Waals surface area contributed by atoms with Crippen LogP contribution in [0.2, 0.25) is 0 Å². The number of anilines is 1. The van der Waals surface area contributed by atoms with Gasteiger partial charge in [-0.25, -0.2) is 4.39 Å². The molecule has 0 unspecified atom stereocenters. The molecule has 0 atom stereocenters. The number of benzene rings is 2. The minimum Gasteiger partial charge on any atom is -0.486 e. The average molecular weight is 560 g/mol. The van der Waals surface area contributed by atoms with Crippen LogP contribution in [0.3, 0.4) is 0 Å². The molecule has 3 N–H and O–H groups in total. The monoisotopic (exact) mass is 558 g/mol. The molecule has 2 rings (SSSR count). The van der Waals surface area contributed by atoms with Crippen molar-refractivity contribution in [2.24, 2.45) is 5.92 Å². The van der Waals surface area contributed by atoms with E-state index in [-0.39, 0.29) is 35.2 Å². The molecule has 0 aliphatic carbocycles. The summed E-state index contributed by atoms with van der Waals surface area (Å²) >= 11 is 6.63. The number of halogens is 3. The Balaban J connectivity index is 2.21. The van der Waals surface area contributed by atoms with Gasteiger partial charge in [0, 0.05) is 17.0 Å². The minimum atomic E-state index is -1.16. The van der Waals surface area contributed by atoms with Crippen LogP contribution in [0, 0.1) is 18.7 Å². The second kappa shape index (κ2) is 10.7. The third-order valence-corrected chi connectivity index (χ3v) is 5.29. The highest BCUT2D eigenvalue weighted by atomic mass is 79.9. The zero-order valence-electron chi connectivity index (χ0n) is 17.0. The molecule has 7 nitrogen and oxygen atoms in total. The van der Waals surface area contributed by atoms with E-state index >= 15 is 0 Å². The smallest absolute Gasteiger partial charge is 0.322 e. The number of nitrogens with one attached hydrogen (secondary N) is 2. The number of carbonyl (C=O) groups excluding carboxylic acids is 2. The van der Waals surface area contributed by atoms with Gasteiger partial charge in [-0.1, -0.05) is 13.8 Å². The van der Waals surface area contributed by atoms with Crippen molar-refractivity contribution in [2.75, 3.05) is 11.9 Å². The molecule has 0 bridgehead atoms. The van der Waals surface area contributed by atoms with Gasteiger partial charge >= 0.3 is 5.97 Å². The highest BCUT2D eigenvalue weighted by molar-refractivity contribution is 9.11. The van der Waals surface area contributed by atoms with E-state index in [1.165, 1.54) is 12.1 Å². The Labute approximate surface area is 195 Å². The minimum absolute atomic E-state index is 0.0841. The fourth-order valence-electron chi connectivity index (χ4n) is 2.55. The Hall–Kier alpha value is -2.46. The van der Waals surface area contributed by atoms with E-state index < -0.39 is 24.2 Å². The van der Waals surface area contributed by atoms with Gasteiger partial charge in [0.1, 0.15) is 18.9 Å². The van der Waals surface area contributed by atoms with Crippen LogP contribution < -0.4 is 15.4 Å². The van der Waals surface area contributed by atoms with Gasteiger partial charge in [-0.3, -0.25) is 14.4 Å². The van der Waals surface area contributed by atoms with Crippen molar-refractivity contribution in [1.29, 1.82) is 0 Å². The highest BCUT2D eigenvalue weighted by Crippen LogP contribution is 2.36. The van der Waals surface area contributed by atoms with Crippen LogP contribution in [0.1, 0.15) is 35.3 Å². The van der Waals surface area contributed by atoms with Crippen molar-refractivity contribution in [1.82, 2.24) is 5.32 Å². The zero-order chi connectivity index (χ0) is 23.3. The topological polar surface area (TPSA) is 105 Å². The van der Waals surface area contributed by atoms with E-state index in [0.29, 0.717) is 14.7 Å². The molecule has 0 spiro atoms. The summed E-state index contributed by atoms with van der Waals surface area (Å²) in [5.74, 6) is -2.56. The molecule has 166 valence electrons. The summed E-state index contributed by atoms with van der Waals surface area (Å²) in [5.41, 5.74) is 1.30. The largest absolute Gasteiger partial charge is 0.486 e. The molecule has 0 radical (unpaired) electrons. The number of carboxylic acids is 1. The van der Waals surface area contributed by atoms with Crippen LogP contribution in [0.4, 0.5) is 10.1 Å². The number of carbonyl (C=O) groups is 3. The predicted octanol–water partition coefficient (Wildman–Crippen LogP) is 4.65. The summed E-state index contributed by atoms with van der Waals surface area (Å²) in [6.07, 6.45) is 0. The molecule has 0 aliphatic heterocycles. The lowest BCUT2D eigenvalue weighted by atomic mass is 10.1. The van der Waals surface area contributed by atoms with Crippen molar-refractivity contribution in [3.8, 4) is 5.75 Å². The standard InChI is InChI=1S/C21H21Br2FN2O5/c1-10(2)20(29)26-16-5-11(3)4-13(18(16)24)9-31-19-14(22)6-12(7-15(19)23)21(30)25-8-17(27)28/h4-7,10H,8-9H2,1-3H3,(H,25,30)(H,26,29)(H,27,28). The lowest BCUT2D eigenvalue weighted by Gasteiger charge is -2.15. The van der Waals surface area contributed by atoms with E-state index in [1.807, 2.05) is 0 Å². The van der Waals surface area contributed by atoms with Gasteiger partial charge in [0.2, 0.25) is 5.91 Å². The van der Waals surface area contributed by atoms with Crippen molar-refractivity contribution in [2.45, 2.75) is 27.4 Å². The Morgan fingerprint density at radius 3 is 2.29 bits per heavy atom. The van der Waals surface area contributed by atoms with Crippen LogP contribution in [-0.2, 0) is 16.2 Å². The Kier molecular flexibility index (Phi) is 8.58. The molecular weight excluding hydrogens is 539 g/mol. The van der Waals surface area contributed by atoms with Crippen LogP contribution in [0.25, 0.3) is 0 Å². The molecule has 31 heavy (non-hydrogen) atoms. The summed E-state index contributed by atoms with van der Waals surface area (Å²) in [5, 5.41) is 13.5. The fraction of sp³-hybridized carbons (Fsp3) is 0.286. The molecule has 0 aliphatic rings. The molecule has 10 heteroatoms. The molecule has 2 aromatic rings. The third-order valence-electron chi connectivity index (χ3n) is 4.11. The number of carboxylic acid groups (broad SMARTS) is 1. The highest BCUT2D eigenvalue weighted by Gasteiger charge is 2.17. The second-order valence-electron chi connectivity index (χ2n) is 7.06. The first kappa shape index (κ1) is 24.8. The number of amides is 2. The Morgan fingerprint density at radius 2 is 1.74 bits per heavy atom. The van der Waals surface area contributed by atoms with Gasteiger partial charge in [-0.15, -0.1) is 0 Å². The van der Waals surface area contributed by atoms with Crippen LogP contribution >= 0.6 is 31.9 Å². The van der Waals surface area contributed by atoms with Crippen molar-refractivity contribution in [3.05, 3.63) is 55.7 Å². The van der Waals surface area contributed by atoms with Crippen LogP contribution in [-0.4, -0.2) is 29.4 Å². The molecule has 0 heterocycles. The maximum atomic E-state index is 14.9. The Morgan fingerprint density at radius 1 is 1.13 bits per heavy atom. The molecule has 0 fully saturated rings. The second-order valence-corrected chi connectivity index (χ2v) is 8.77. The number of hydrogen-bond acceptors (Lipinski definition) is 4. The summed E-state index contributed by atoms with van der Waals surface area (Å²) in [4.78, 5) is 34.6. The van der Waals surface area contributed by atoms with Gasteiger partial charge in [0.25, 0.3) is 5.91 Å². The average Bonchev–Trinajstić information content (AvgIpc) is 2.68. The van der Waals surface area contributed by atoms with E-state index in [4.69, 9.17) is 9.84 Å². The van der Waals surface area contributed by atoms with Crippen molar-refractivity contribution < 1.29 is 28.6 Å². The first-order valence-corrected chi connectivity index (χ1v) is 10.8. The van der Waals surface area contributed by atoms with Crippen molar-refractivity contribution in [3.63, 3.8) is 0 Å². The molecule has 2 amide bonds. The molecule has 0 saturated heterocycles.